The highest BCUT2D eigenvalue weighted by atomic mass is 35.5. The Hall–Kier alpha value is -0.620. The van der Waals surface area contributed by atoms with Crippen LogP contribution in [-0.2, 0) is 9.53 Å². The lowest BCUT2D eigenvalue weighted by molar-refractivity contribution is -0.115. The number of halogens is 2. The fraction of sp³-hybridized carbons (Fsp3) is 0.417. The van der Waals surface area contributed by atoms with Crippen LogP contribution in [0.15, 0.2) is 12.1 Å². The van der Waals surface area contributed by atoms with Crippen molar-refractivity contribution in [3.05, 3.63) is 22.2 Å². The summed E-state index contributed by atoms with van der Waals surface area (Å²) in [6.07, 6.45) is 0.415. The van der Waals surface area contributed by atoms with Crippen molar-refractivity contribution in [2.45, 2.75) is 11.7 Å². The molecular formula is C12H14Cl2N2O2S. The van der Waals surface area contributed by atoms with Crippen LogP contribution in [0.5, 0.6) is 0 Å². The quantitative estimate of drug-likeness (QED) is 0.818. The smallest absolute Gasteiger partial charge is 0.225 e. The van der Waals surface area contributed by atoms with Gasteiger partial charge in [-0.3, -0.25) is 4.79 Å². The zero-order valence-electron chi connectivity index (χ0n) is 10.1. The number of hydrogen-bond acceptors (Lipinski definition) is 4. The summed E-state index contributed by atoms with van der Waals surface area (Å²) in [6, 6.07) is 3.12. The lowest BCUT2D eigenvalue weighted by Gasteiger charge is -2.25. The molecule has 1 aromatic carbocycles. The van der Waals surface area contributed by atoms with E-state index in [1.807, 2.05) is 0 Å². The largest absolute Gasteiger partial charge is 0.399 e. The summed E-state index contributed by atoms with van der Waals surface area (Å²) >= 11 is 13.7. The number of nitrogens with two attached hydrogens (primary N) is 1. The second-order valence-corrected chi connectivity index (χ2v) is 6.41. The van der Waals surface area contributed by atoms with Crippen LogP contribution in [0.1, 0.15) is 6.42 Å². The van der Waals surface area contributed by atoms with Crippen LogP contribution in [0.4, 0.5) is 11.4 Å². The third kappa shape index (κ3) is 4.18. The van der Waals surface area contributed by atoms with Crippen LogP contribution in [-0.4, -0.2) is 30.1 Å². The molecule has 1 aliphatic heterocycles. The Balaban J connectivity index is 1.84. The summed E-state index contributed by atoms with van der Waals surface area (Å²) < 4.78 is 5.06. The van der Waals surface area contributed by atoms with Crippen molar-refractivity contribution >= 4 is 52.2 Å². The molecule has 1 aliphatic rings. The highest BCUT2D eigenvalue weighted by molar-refractivity contribution is 8.00. The summed E-state index contributed by atoms with van der Waals surface area (Å²) in [6.45, 7) is 1.56. The molecule has 0 aromatic heterocycles. The molecule has 0 aliphatic carbocycles. The van der Waals surface area contributed by atoms with Gasteiger partial charge in [0.1, 0.15) is 0 Å². The average Bonchev–Trinajstić information content (AvgIpc) is 2.27. The maximum atomic E-state index is 11.8. The first-order chi connectivity index (χ1) is 9.06. The van der Waals surface area contributed by atoms with Crippen molar-refractivity contribution in [1.29, 1.82) is 0 Å². The summed E-state index contributed by atoms with van der Waals surface area (Å²) in [5.41, 5.74) is 6.48. The third-order valence-electron chi connectivity index (χ3n) is 2.62. The fourth-order valence-corrected chi connectivity index (χ4v) is 3.16. The van der Waals surface area contributed by atoms with E-state index in [4.69, 9.17) is 33.7 Å². The van der Waals surface area contributed by atoms with Gasteiger partial charge in [0, 0.05) is 17.9 Å². The molecule has 0 saturated carbocycles. The fourth-order valence-electron chi connectivity index (χ4n) is 1.54. The average molecular weight is 321 g/mol. The van der Waals surface area contributed by atoms with E-state index in [9.17, 15) is 4.79 Å². The monoisotopic (exact) mass is 320 g/mol. The first-order valence-corrected chi connectivity index (χ1v) is 7.60. The highest BCUT2D eigenvalue weighted by Crippen LogP contribution is 2.33. The number of nitrogens with one attached hydrogen (secondary N) is 1. The van der Waals surface area contributed by atoms with Crippen molar-refractivity contribution in [2.24, 2.45) is 0 Å². The molecule has 0 unspecified atom stereocenters. The van der Waals surface area contributed by atoms with Gasteiger partial charge in [0.2, 0.25) is 5.91 Å². The summed E-state index contributed by atoms with van der Waals surface area (Å²) in [7, 11) is 0. The number of thioether (sulfide) groups is 1. The lowest BCUT2D eigenvalue weighted by atomic mass is 10.2. The minimum atomic E-state index is -0.110. The number of anilines is 2. The van der Waals surface area contributed by atoms with Crippen LogP contribution >= 0.6 is 35.0 Å². The maximum Gasteiger partial charge on any atom is 0.225 e. The number of nitrogen functional groups attached to an aromatic ring is 1. The van der Waals surface area contributed by atoms with E-state index in [1.54, 1.807) is 23.9 Å². The highest BCUT2D eigenvalue weighted by Gasteiger charge is 2.19. The van der Waals surface area contributed by atoms with Crippen LogP contribution in [0.3, 0.4) is 0 Å². The number of hydrogen-bond donors (Lipinski definition) is 2. The Bertz CT molecular complexity index is 458. The van der Waals surface area contributed by atoms with Gasteiger partial charge >= 0.3 is 0 Å². The van der Waals surface area contributed by atoms with Crippen LogP contribution in [0.2, 0.25) is 10.0 Å². The first-order valence-electron chi connectivity index (χ1n) is 5.80. The Labute approximate surface area is 126 Å². The molecular weight excluding hydrogens is 307 g/mol. The van der Waals surface area contributed by atoms with Crippen molar-refractivity contribution in [3.8, 4) is 0 Å². The molecule has 4 nitrogen and oxygen atoms in total. The van der Waals surface area contributed by atoms with Crippen molar-refractivity contribution < 1.29 is 9.53 Å². The number of ether oxygens (including phenoxy) is 1. The zero-order chi connectivity index (χ0) is 13.8. The van der Waals surface area contributed by atoms with E-state index < -0.39 is 0 Å². The van der Waals surface area contributed by atoms with E-state index in [2.05, 4.69) is 5.32 Å². The maximum absolute atomic E-state index is 11.8. The summed E-state index contributed by atoms with van der Waals surface area (Å²) in [5.74, 6) is 0.644. The molecule has 3 N–H and O–H groups in total. The molecule has 0 bridgehead atoms. The Morgan fingerprint density at radius 3 is 2.58 bits per heavy atom. The Morgan fingerprint density at radius 2 is 2.05 bits per heavy atom. The normalized spacial score (nSPS) is 15.1. The van der Waals surface area contributed by atoms with Gasteiger partial charge in [0.25, 0.3) is 0 Å². The standard InChI is InChI=1S/C12H14Cl2N2O2S/c13-9-3-7(15)4-10(14)12(9)16-11(17)1-2-19-8-5-18-6-8/h3-4,8H,1-2,5-6,15H2,(H,16,17). The second-order valence-electron chi connectivity index (χ2n) is 4.19. The van der Waals surface area contributed by atoms with Crippen LogP contribution in [0, 0.1) is 0 Å². The second kappa shape index (κ2) is 6.70. The molecule has 0 atom stereocenters. The Kier molecular flexibility index (Phi) is 5.21. The number of carbonyl (C=O) groups excluding carboxylic acids is 1. The van der Waals surface area contributed by atoms with E-state index in [0.29, 0.717) is 33.1 Å². The van der Waals surface area contributed by atoms with E-state index in [-0.39, 0.29) is 5.91 Å². The zero-order valence-corrected chi connectivity index (χ0v) is 12.4. The molecule has 104 valence electrons. The molecule has 1 saturated heterocycles. The van der Waals surface area contributed by atoms with Gasteiger partial charge in [-0.05, 0) is 12.1 Å². The number of amides is 1. The van der Waals surface area contributed by atoms with Gasteiger partial charge in [0.05, 0.1) is 34.2 Å². The molecule has 1 fully saturated rings. The van der Waals surface area contributed by atoms with Gasteiger partial charge < -0.3 is 15.8 Å². The lowest BCUT2D eigenvalue weighted by Crippen LogP contribution is -2.30. The Morgan fingerprint density at radius 1 is 1.42 bits per heavy atom. The number of rotatable bonds is 5. The summed E-state index contributed by atoms with van der Waals surface area (Å²) in [4.78, 5) is 11.8. The molecule has 0 spiro atoms. The SMILES string of the molecule is Nc1cc(Cl)c(NC(=O)CCSC2COC2)c(Cl)c1. The van der Waals surface area contributed by atoms with E-state index in [0.717, 1.165) is 19.0 Å². The molecule has 1 heterocycles. The molecule has 2 rings (SSSR count). The van der Waals surface area contributed by atoms with E-state index >= 15 is 0 Å². The van der Waals surface area contributed by atoms with Crippen LogP contribution < -0.4 is 11.1 Å². The summed E-state index contributed by atoms with van der Waals surface area (Å²) in [5, 5.41) is 3.93. The topological polar surface area (TPSA) is 64.3 Å². The van der Waals surface area contributed by atoms with Gasteiger partial charge in [-0.15, -0.1) is 0 Å². The van der Waals surface area contributed by atoms with Gasteiger partial charge in [0.15, 0.2) is 0 Å². The number of carbonyl (C=O) groups is 1. The first kappa shape index (κ1) is 14.8. The molecule has 7 heteroatoms. The molecule has 1 amide bonds. The van der Waals surface area contributed by atoms with Crippen LogP contribution in [0.25, 0.3) is 0 Å². The third-order valence-corrected chi connectivity index (χ3v) is 4.40. The minimum absolute atomic E-state index is 0.110. The van der Waals surface area contributed by atoms with Gasteiger partial charge in [-0.1, -0.05) is 23.2 Å². The molecule has 1 aromatic rings. The number of benzene rings is 1. The predicted molar refractivity (Wildman–Crippen MR) is 81.2 cm³/mol. The minimum Gasteiger partial charge on any atom is -0.399 e. The van der Waals surface area contributed by atoms with Crippen molar-refractivity contribution in [3.63, 3.8) is 0 Å². The molecule has 0 radical (unpaired) electrons. The van der Waals surface area contributed by atoms with Gasteiger partial charge in [-0.25, -0.2) is 0 Å². The predicted octanol–water partition coefficient (Wildman–Crippen LogP) is 3.04. The van der Waals surface area contributed by atoms with Gasteiger partial charge in [-0.2, -0.15) is 11.8 Å². The van der Waals surface area contributed by atoms with E-state index in [1.165, 1.54) is 0 Å². The van der Waals surface area contributed by atoms with Crippen molar-refractivity contribution in [2.75, 3.05) is 30.0 Å². The van der Waals surface area contributed by atoms with Crippen molar-refractivity contribution in [1.82, 2.24) is 0 Å². The molecule has 19 heavy (non-hydrogen) atoms.